The van der Waals surface area contributed by atoms with Crippen molar-refractivity contribution in [3.63, 3.8) is 0 Å². The van der Waals surface area contributed by atoms with Gasteiger partial charge in [0.25, 0.3) is 0 Å². The quantitative estimate of drug-likeness (QED) is 0.0186. The first-order chi connectivity index (χ1) is 92.5. The Labute approximate surface area is 850 Å². The number of rotatable bonds is 30. The minimum absolute atomic E-state index is 0.0251. The molecular weight excluding hydrogens is 1600 g/mol. The molecule has 18 rings (SSSR count). The molecule has 0 bridgehead atoms. The number of amides is 6. The highest BCUT2D eigenvalue weighted by Gasteiger charge is 2.29. The minimum Gasteiger partial charge on any atom is -0.447 e. The predicted octanol–water partition coefficient (Wildman–Crippen LogP) is 11.5. The van der Waals surface area contributed by atoms with Crippen molar-refractivity contribution in [2.75, 3.05) is 163 Å². The van der Waals surface area contributed by atoms with Crippen LogP contribution in [0.3, 0.4) is 0 Å². The molecule has 30 heteroatoms. The smallest absolute Gasteiger partial charge is 0.407 e. The molecule has 126 heavy (non-hydrogen) atoms. The molecule has 0 unspecified atom stereocenters. The summed E-state index contributed by atoms with van der Waals surface area (Å²) in [6.45, 7) is -48.4. The van der Waals surface area contributed by atoms with Gasteiger partial charge in [-0.15, -0.1) is 0 Å². The monoisotopic (exact) mass is 1800 g/mol. The van der Waals surface area contributed by atoms with Gasteiger partial charge in [-0.25, -0.2) is 28.8 Å². The Kier molecular flexibility index (Phi) is 11.8. The van der Waals surface area contributed by atoms with Gasteiger partial charge in [-0.3, -0.25) is 0 Å². The molecule has 0 aliphatic carbocycles. The zero-order valence-electron chi connectivity index (χ0n) is 147. The number of nitrogens with one attached hydrogen (secondary N) is 12. The lowest BCUT2D eigenvalue weighted by molar-refractivity contribution is 0.176. The van der Waals surface area contributed by atoms with Gasteiger partial charge in [0.05, 0.1) is 81.3 Å². The average Bonchev–Trinajstić information content (AvgIpc) is 1.61. The number of benzene rings is 6. The van der Waals surface area contributed by atoms with Gasteiger partial charge in [0.2, 0.25) is 0 Å². The van der Waals surface area contributed by atoms with Crippen LogP contribution < -0.4 is 31.9 Å². The normalized spacial score (nSPS) is 35.7. The first kappa shape index (κ1) is 33.9. The molecule has 6 fully saturated rings. The van der Waals surface area contributed by atoms with E-state index in [2.05, 4.69) is 43.4 Å². The van der Waals surface area contributed by atoms with Crippen LogP contribution in [0.4, 0.5) is 28.8 Å². The summed E-state index contributed by atoms with van der Waals surface area (Å²) in [6, 6.07) is -16.8. The number of likely N-dealkylation sites (N-methyl/N-ethyl adjacent to an activating group) is 6. The van der Waals surface area contributed by atoms with E-state index in [1.807, 2.05) is 24.3 Å². The number of alkyl carbamates (subject to hydrolysis) is 6. The minimum atomic E-state index is -3.89. The largest absolute Gasteiger partial charge is 0.447 e. The van der Waals surface area contributed by atoms with Gasteiger partial charge in [-0.1, -0.05) is 36.3 Å². The fourth-order valence-corrected chi connectivity index (χ4v) is 10.9. The highest BCUT2D eigenvalue weighted by Crippen LogP contribution is 2.29. The van der Waals surface area contributed by atoms with Crippen molar-refractivity contribution in [2.24, 2.45) is 0 Å². The van der Waals surface area contributed by atoms with Gasteiger partial charge in [-0.2, -0.15) is 0 Å². The first-order valence-electron chi connectivity index (χ1n) is 76.5. The molecule has 30 nitrogen and oxygen atoms in total. The first-order valence-corrected chi connectivity index (χ1v) is 36.3. The molecule has 6 aromatic heterocycles. The number of cyclic esters (lactones) is 6. The second-order valence-corrected chi connectivity index (χ2v) is 26.3. The van der Waals surface area contributed by atoms with E-state index < -0.39 is 389 Å². The van der Waals surface area contributed by atoms with Crippen LogP contribution in [0.2, 0.25) is 8.47 Å². The third-order valence-corrected chi connectivity index (χ3v) is 16.4. The molecule has 0 spiro atoms. The molecule has 6 saturated heterocycles. The number of aryl methyl sites for hydroxylation is 3. The van der Waals surface area contributed by atoms with Crippen LogP contribution in [-0.2, 0) is 105 Å². The van der Waals surface area contributed by atoms with E-state index in [0.717, 1.165) is 71.4 Å². The standard InChI is InChI=1S/6C16H21N3O2/c6*1-19(2)6-5-12-9-17-15-4-3-11(8-14(12)15)7-13-10-21-16(20)18-13/h6*3-4,8-9,13,17H,5-7,10H2,1-2H3,(H,18,20)/t6*13-/m000000/s1/i1D3,2D3,3D,4D,7D2,8D,9D,10D2,13D;1D3,3D,4D,7D2,8D,9D,10D2,13D;1D3,2D3,5D2,6D2,7D2,9D,10D2,13D;3D,4D,7D2,8D,9D,10D2,13D;1D3,5D2,6D2,7D2,9D,10D2,13D;5D2,6D2,7D2,9D,10D2,13D/hD6. The zero-order valence-corrected chi connectivity index (χ0v) is 66.2. The maximum atomic E-state index is 11.8. The Morgan fingerprint density at radius 3 is 0.944 bits per heavy atom. The Morgan fingerprint density at radius 1 is 0.341 bits per heavy atom. The molecule has 6 aromatic carbocycles. The lowest BCUT2D eigenvalue weighted by Gasteiger charge is -2.09. The highest BCUT2D eigenvalue weighted by atomic mass is 16.6. The summed E-state index contributed by atoms with van der Waals surface area (Å²) in [4.78, 5) is 82.7. The average molecular weight is 1810 g/mol. The van der Waals surface area contributed by atoms with Crippen LogP contribution in [-0.4, -0.2) is 295 Å². The van der Waals surface area contributed by atoms with Crippen LogP contribution >= 0.6 is 0 Å². The summed E-state index contributed by atoms with van der Waals surface area (Å²) < 4.78 is 679. The molecule has 6 aliphatic rings. The van der Waals surface area contributed by atoms with Crippen molar-refractivity contribution < 1.29 is 168 Å². The molecule has 6 aliphatic heterocycles. The van der Waals surface area contributed by atoms with Gasteiger partial charge < -0.3 is 120 Å². The van der Waals surface area contributed by atoms with E-state index in [1.165, 1.54) is 21.1 Å². The van der Waals surface area contributed by atoms with Crippen molar-refractivity contribution in [1.82, 2.24) is 91.2 Å². The maximum absolute atomic E-state index is 11.8. The van der Waals surface area contributed by atoms with Crippen molar-refractivity contribution >= 4 is 102 Å². The summed E-state index contributed by atoms with van der Waals surface area (Å²) in [7, 11) is 8.36. The van der Waals surface area contributed by atoms with E-state index in [-0.39, 0.29) is 117 Å². The predicted molar refractivity (Wildman–Crippen MR) is 495 cm³/mol. The third-order valence-electron chi connectivity index (χ3n) is 16.4. The van der Waals surface area contributed by atoms with Crippen molar-refractivity contribution in [2.45, 2.75) is 113 Å². The summed E-state index contributed by atoms with van der Waals surface area (Å²) >= 11 is 0. The molecule has 6 atom stereocenters. The molecular formula is C96H126N18O12. The Hall–Kier alpha value is -12.1. The summed E-state index contributed by atoms with van der Waals surface area (Å²) in [5.74, 6) is 0. The van der Waals surface area contributed by atoms with Gasteiger partial charge in [0.15, 0.2) is 8.47 Å². The van der Waals surface area contributed by atoms with E-state index in [0.29, 0.717) is 33.5 Å². The van der Waals surface area contributed by atoms with Crippen molar-refractivity contribution in [3.05, 3.63) is 213 Å². The number of aromatic amines is 6. The number of fused-ring (bicyclic) bond motifs is 6. The van der Waals surface area contributed by atoms with E-state index in [4.69, 9.17) is 111 Å². The number of ether oxygens (including phenoxy) is 6. The Morgan fingerprint density at radius 2 is 0.643 bits per heavy atom. The van der Waals surface area contributed by atoms with E-state index in [9.17, 15) is 28.8 Å². The van der Waals surface area contributed by atoms with Crippen LogP contribution in [0.25, 0.3) is 65.4 Å². The lowest BCUT2D eigenvalue weighted by atomic mass is 10.0. The molecule has 0 radical (unpaired) electrons. The third kappa shape index (κ3) is 26.5. The maximum Gasteiger partial charge on any atom is 0.407 e. The van der Waals surface area contributed by atoms with Crippen LogP contribution in [0.5, 0.6) is 0 Å². The van der Waals surface area contributed by atoms with Crippen LogP contribution in [0, 0.1) is 0 Å². The second kappa shape index (κ2) is 43.7. The van der Waals surface area contributed by atoms with E-state index >= 15 is 0 Å². The van der Waals surface area contributed by atoms with Crippen molar-refractivity contribution in [3.8, 4) is 0 Å². The van der Waals surface area contributed by atoms with Crippen molar-refractivity contribution in [1.29, 1.82) is 0 Å². The van der Waals surface area contributed by atoms with Gasteiger partial charge in [0, 0.05) is 199 Å². The second-order valence-electron chi connectivity index (χ2n) is 26.3. The SMILES string of the molecule is [2H]c1[nH]c2c([2H])c([2H])c(C([2H])([2H])[C@]3([2H])NC(=O)OC3([2H])[2H])c([2H])c2c1CCN(C([2H])([2H])[2H])C([2H])([2H])[2H].[2H]c1[nH]c2c([2H])c([2H])c(C([2H])([2H])[C@]3([2H])NC(=O)OC3([2H])[2H])c([2H])c2c1CCN(C)C.[2H]c1[nH]c2c([2H])c([2H])c(C([2H])([2H])[C@]3([2H])NC(=O)OC3([2H])[2H])c([2H])c2c1CCN(C)C([2H])([2H])[2H].[2H]c1c(C([2H])([2H])C([2H])([2H])N(C([2H])([2H])[2H])C([2H])([2H])[2H])c2cc(C([2H])([2H])[C@]3([2H])N([2H])C(=O)OC3([2H])[2H])ccc2n1[2H].[2H]c1c(C([2H])([2H])C([2H])([2H])N(C)C([2H])([2H])[2H])c2cc(C([2H])([2H])[C@]3([2H])N([2H])C(=O)OC3([2H])[2H])ccc2n1[2H].[2H]c1c(C([2H])([2H])C([2H])([2H])N(C)C)c2cc(C([2H])([2H])[C@]3([2H])N([2H])C(=O)OC3([2H])[2H])ccc2n1[2H]. The fourth-order valence-electron chi connectivity index (χ4n) is 10.9. The van der Waals surface area contributed by atoms with Crippen LogP contribution in [0.1, 0.15) is 170 Å². The van der Waals surface area contributed by atoms with Gasteiger partial charge in [0.1, 0.15) is 39.4 Å². The molecule has 12 aromatic rings. The van der Waals surface area contributed by atoms with E-state index in [1.54, 1.807) is 10.6 Å². The number of hydrogen-bond donors (Lipinski definition) is 12. The van der Waals surface area contributed by atoms with Gasteiger partial charge in [-0.05, 0) is 300 Å². The summed E-state index contributed by atoms with van der Waals surface area (Å²) in [5, 5.41) is 2.84. The summed E-state index contributed by atoms with van der Waals surface area (Å²) in [5.41, 5.74) is -7.26. The molecule has 672 valence electrons. The number of hydrogen-bond acceptors (Lipinski definition) is 18. The topological polar surface area (TPSA) is 344 Å². The summed E-state index contributed by atoms with van der Waals surface area (Å²) in [6.07, 6.45) is -41.6. The zero-order chi connectivity index (χ0) is 160. The number of H-pyrrole nitrogens is 6. The number of nitrogens with zero attached hydrogens (tertiary/aromatic N) is 6. The number of carbonyl (C=O) groups is 6. The highest BCUT2D eigenvalue weighted by molar-refractivity contribution is 5.88. The molecule has 0 saturated carbocycles. The number of carbonyl (C=O) groups excluding carboxylic acids is 6. The molecule has 12 heterocycles. The lowest BCUT2D eigenvalue weighted by Crippen LogP contribution is -2.28. The number of aromatic nitrogens is 6. The Balaban J connectivity index is 0.000000199. The van der Waals surface area contributed by atoms with Gasteiger partial charge >= 0.3 is 36.6 Å². The fraction of sp³-hybridized carbons (Fsp3) is 0.438. The Bertz CT molecular complexity index is 9850. The van der Waals surface area contributed by atoms with Crippen LogP contribution in [0.15, 0.2) is 146 Å². The molecule has 6 amide bonds. The molecule has 12 N–H and O–H groups in total.